The van der Waals surface area contributed by atoms with Gasteiger partial charge in [-0.3, -0.25) is 4.57 Å². The van der Waals surface area contributed by atoms with Crippen molar-refractivity contribution in [1.29, 1.82) is 0 Å². The Morgan fingerprint density at radius 3 is 3.05 bits per heavy atom. The van der Waals surface area contributed by atoms with E-state index in [4.69, 9.17) is 9.47 Å². The standard InChI is InChI=1S/C13H16N4O3S/c1-2-20-12(18)10-7-17(9-14-10)11-8-21-13(15-11)16-3-5-19-6-4-16/h7-9H,2-6H2,1H3. The van der Waals surface area contributed by atoms with E-state index in [2.05, 4.69) is 14.9 Å². The van der Waals surface area contributed by atoms with E-state index in [1.807, 2.05) is 5.38 Å². The number of hydrogen-bond donors (Lipinski definition) is 0. The van der Waals surface area contributed by atoms with E-state index in [1.54, 1.807) is 35.4 Å². The Bertz CT molecular complexity index is 618. The van der Waals surface area contributed by atoms with Crippen molar-refractivity contribution in [2.75, 3.05) is 37.8 Å². The molecule has 0 radical (unpaired) electrons. The van der Waals surface area contributed by atoms with E-state index in [-0.39, 0.29) is 5.69 Å². The van der Waals surface area contributed by atoms with Crippen LogP contribution >= 0.6 is 11.3 Å². The van der Waals surface area contributed by atoms with Crippen LogP contribution in [0.2, 0.25) is 0 Å². The van der Waals surface area contributed by atoms with Crippen molar-refractivity contribution in [3.05, 3.63) is 23.6 Å². The number of nitrogens with zero attached hydrogens (tertiary/aromatic N) is 4. The Hall–Kier alpha value is -1.93. The molecular weight excluding hydrogens is 292 g/mol. The van der Waals surface area contributed by atoms with Crippen molar-refractivity contribution in [3.8, 4) is 5.82 Å². The number of esters is 1. The fourth-order valence-electron chi connectivity index (χ4n) is 2.03. The topological polar surface area (TPSA) is 69.5 Å². The third-order valence-corrected chi connectivity index (χ3v) is 3.98. The molecule has 1 fully saturated rings. The predicted octanol–water partition coefficient (Wildman–Crippen LogP) is 1.34. The molecule has 0 saturated carbocycles. The van der Waals surface area contributed by atoms with Crippen LogP contribution < -0.4 is 4.90 Å². The van der Waals surface area contributed by atoms with Crippen LogP contribution in [0.5, 0.6) is 0 Å². The smallest absolute Gasteiger partial charge is 0.358 e. The number of rotatable bonds is 4. The van der Waals surface area contributed by atoms with Crippen LogP contribution in [0.15, 0.2) is 17.9 Å². The van der Waals surface area contributed by atoms with Crippen LogP contribution in [0.1, 0.15) is 17.4 Å². The summed E-state index contributed by atoms with van der Waals surface area (Å²) in [6.07, 6.45) is 3.21. The Morgan fingerprint density at radius 2 is 2.29 bits per heavy atom. The molecule has 2 aromatic heterocycles. The molecule has 0 aliphatic carbocycles. The lowest BCUT2D eigenvalue weighted by Gasteiger charge is -2.25. The minimum absolute atomic E-state index is 0.290. The highest BCUT2D eigenvalue weighted by atomic mass is 32.1. The number of ether oxygens (including phenoxy) is 2. The molecule has 7 nitrogen and oxygen atoms in total. The van der Waals surface area contributed by atoms with Crippen molar-refractivity contribution in [2.45, 2.75) is 6.92 Å². The van der Waals surface area contributed by atoms with Gasteiger partial charge in [0.25, 0.3) is 0 Å². The van der Waals surface area contributed by atoms with E-state index in [0.29, 0.717) is 6.61 Å². The Morgan fingerprint density at radius 1 is 1.48 bits per heavy atom. The van der Waals surface area contributed by atoms with Gasteiger partial charge in [-0.15, -0.1) is 11.3 Å². The van der Waals surface area contributed by atoms with Crippen LogP contribution in [0.25, 0.3) is 5.82 Å². The molecule has 0 aromatic carbocycles. The SMILES string of the molecule is CCOC(=O)c1cn(-c2csc(N3CCOCC3)n2)cn1. The third-order valence-electron chi connectivity index (χ3n) is 3.09. The third kappa shape index (κ3) is 3.06. The van der Waals surface area contributed by atoms with Gasteiger partial charge in [-0.05, 0) is 6.92 Å². The zero-order chi connectivity index (χ0) is 14.7. The van der Waals surface area contributed by atoms with Crippen LogP contribution in [0.3, 0.4) is 0 Å². The zero-order valence-electron chi connectivity index (χ0n) is 11.7. The summed E-state index contributed by atoms with van der Waals surface area (Å²) < 4.78 is 12.0. The summed E-state index contributed by atoms with van der Waals surface area (Å²) in [6.45, 7) is 5.27. The molecule has 0 spiro atoms. The summed E-state index contributed by atoms with van der Waals surface area (Å²) in [5.74, 6) is 0.337. The highest BCUT2D eigenvalue weighted by Crippen LogP contribution is 2.23. The summed E-state index contributed by atoms with van der Waals surface area (Å²) in [5, 5.41) is 2.90. The molecule has 1 aliphatic heterocycles. The first-order valence-corrected chi connectivity index (χ1v) is 7.65. The van der Waals surface area contributed by atoms with Gasteiger partial charge in [-0.1, -0.05) is 0 Å². The van der Waals surface area contributed by atoms with E-state index < -0.39 is 5.97 Å². The molecule has 0 N–H and O–H groups in total. The lowest BCUT2D eigenvalue weighted by Crippen LogP contribution is -2.36. The number of carbonyl (C=O) groups excluding carboxylic acids is 1. The number of carbonyl (C=O) groups is 1. The second-order valence-corrected chi connectivity index (χ2v) is 5.31. The number of hydrogen-bond acceptors (Lipinski definition) is 7. The minimum atomic E-state index is -0.417. The maximum Gasteiger partial charge on any atom is 0.358 e. The number of anilines is 1. The normalized spacial score (nSPS) is 15.2. The maximum absolute atomic E-state index is 11.6. The van der Waals surface area contributed by atoms with Gasteiger partial charge in [0.05, 0.1) is 19.8 Å². The first kappa shape index (κ1) is 14.0. The molecule has 0 bridgehead atoms. The molecule has 21 heavy (non-hydrogen) atoms. The second-order valence-electron chi connectivity index (χ2n) is 4.47. The minimum Gasteiger partial charge on any atom is -0.461 e. The van der Waals surface area contributed by atoms with Crippen molar-refractivity contribution in [1.82, 2.24) is 14.5 Å². The average molecular weight is 308 g/mol. The van der Waals surface area contributed by atoms with Gasteiger partial charge in [0.15, 0.2) is 16.6 Å². The second kappa shape index (κ2) is 6.23. The van der Waals surface area contributed by atoms with Crippen LogP contribution in [0, 0.1) is 0 Å². The molecule has 0 unspecified atom stereocenters. The Kier molecular flexibility index (Phi) is 4.16. The lowest BCUT2D eigenvalue weighted by molar-refractivity contribution is 0.0520. The fraction of sp³-hybridized carbons (Fsp3) is 0.462. The van der Waals surface area contributed by atoms with E-state index in [9.17, 15) is 4.79 Å². The van der Waals surface area contributed by atoms with Gasteiger partial charge in [0.2, 0.25) is 0 Å². The van der Waals surface area contributed by atoms with E-state index >= 15 is 0 Å². The monoisotopic (exact) mass is 308 g/mol. The molecule has 0 amide bonds. The summed E-state index contributed by atoms with van der Waals surface area (Å²) in [6, 6.07) is 0. The fourth-order valence-corrected chi connectivity index (χ4v) is 2.90. The van der Waals surface area contributed by atoms with Crippen molar-refractivity contribution in [2.24, 2.45) is 0 Å². The van der Waals surface area contributed by atoms with Crippen LogP contribution in [-0.2, 0) is 9.47 Å². The number of thiazole rings is 1. The first-order chi connectivity index (χ1) is 10.3. The largest absolute Gasteiger partial charge is 0.461 e. The highest BCUT2D eigenvalue weighted by molar-refractivity contribution is 7.14. The molecule has 0 atom stereocenters. The molecule has 1 saturated heterocycles. The summed E-state index contributed by atoms with van der Waals surface area (Å²) >= 11 is 1.57. The van der Waals surface area contributed by atoms with E-state index in [1.165, 1.54) is 0 Å². The van der Waals surface area contributed by atoms with Crippen molar-refractivity contribution >= 4 is 22.4 Å². The van der Waals surface area contributed by atoms with Crippen LogP contribution in [-0.4, -0.2) is 53.4 Å². The van der Waals surface area contributed by atoms with Crippen molar-refractivity contribution in [3.63, 3.8) is 0 Å². The first-order valence-electron chi connectivity index (χ1n) is 6.77. The Balaban J connectivity index is 1.75. The molecule has 112 valence electrons. The average Bonchev–Trinajstić information content (AvgIpc) is 3.17. The summed E-state index contributed by atoms with van der Waals surface area (Å²) in [7, 11) is 0. The van der Waals surface area contributed by atoms with Gasteiger partial charge in [0, 0.05) is 24.7 Å². The summed E-state index contributed by atoms with van der Waals surface area (Å²) in [4.78, 5) is 22.4. The Labute approximate surface area is 126 Å². The molecule has 8 heteroatoms. The molecule has 3 heterocycles. The van der Waals surface area contributed by atoms with Crippen molar-refractivity contribution < 1.29 is 14.3 Å². The number of imidazole rings is 1. The molecule has 3 rings (SSSR count). The van der Waals surface area contributed by atoms with Crippen LogP contribution in [0.4, 0.5) is 5.13 Å². The zero-order valence-corrected chi connectivity index (χ0v) is 12.5. The number of aromatic nitrogens is 3. The van der Waals surface area contributed by atoms with Gasteiger partial charge < -0.3 is 14.4 Å². The lowest BCUT2D eigenvalue weighted by atomic mass is 10.5. The quantitative estimate of drug-likeness (QED) is 0.794. The van der Waals surface area contributed by atoms with Gasteiger partial charge in [-0.2, -0.15) is 0 Å². The molecule has 1 aliphatic rings. The van der Waals surface area contributed by atoms with Gasteiger partial charge >= 0.3 is 5.97 Å². The summed E-state index contributed by atoms with van der Waals surface area (Å²) in [5.41, 5.74) is 0.290. The van der Waals surface area contributed by atoms with E-state index in [0.717, 1.165) is 37.3 Å². The molecule has 2 aromatic rings. The number of morpholine rings is 1. The van der Waals surface area contributed by atoms with Gasteiger partial charge in [-0.25, -0.2) is 14.8 Å². The maximum atomic E-state index is 11.6. The predicted molar refractivity (Wildman–Crippen MR) is 78.2 cm³/mol. The molecular formula is C13H16N4O3S. The van der Waals surface area contributed by atoms with Gasteiger partial charge in [0.1, 0.15) is 6.33 Å². The highest BCUT2D eigenvalue weighted by Gasteiger charge is 2.16.